The summed E-state index contributed by atoms with van der Waals surface area (Å²) in [4.78, 5) is 3.98. The Hall–Kier alpha value is -1.11. The topological polar surface area (TPSA) is 12.4 Å². The molecule has 1 nitrogen and oxygen atoms in total. The molecule has 0 spiro atoms. The van der Waals surface area contributed by atoms with Gasteiger partial charge in [-0.15, -0.1) is 0 Å². The number of benzene rings is 1. The fourth-order valence-corrected chi connectivity index (χ4v) is 1.05. The number of hydrogen-bond acceptors (Lipinski definition) is 1. The van der Waals surface area contributed by atoms with Gasteiger partial charge in [0.2, 0.25) is 0 Å². The van der Waals surface area contributed by atoms with Gasteiger partial charge in [-0.3, -0.25) is 4.99 Å². The number of rotatable bonds is 1. The summed E-state index contributed by atoms with van der Waals surface area (Å²) < 4.78 is 0. The van der Waals surface area contributed by atoms with E-state index in [2.05, 4.69) is 37.0 Å². The van der Waals surface area contributed by atoms with Gasteiger partial charge in [0.1, 0.15) is 0 Å². The van der Waals surface area contributed by atoms with Crippen LogP contribution in [0.25, 0.3) is 0 Å². The first-order chi connectivity index (χ1) is 5.25. The van der Waals surface area contributed by atoms with Gasteiger partial charge in [-0.25, -0.2) is 0 Å². The Morgan fingerprint density at radius 2 is 2.00 bits per heavy atom. The maximum atomic E-state index is 3.98. The Kier molecular flexibility index (Phi) is 2.42. The first kappa shape index (κ1) is 7.99. The van der Waals surface area contributed by atoms with Gasteiger partial charge in [-0.05, 0) is 30.5 Å². The van der Waals surface area contributed by atoms with Gasteiger partial charge in [0, 0.05) is 13.3 Å². The second kappa shape index (κ2) is 3.33. The summed E-state index contributed by atoms with van der Waals surface area (Å²) in [6, 6.07) is 6.25. The number of hydrogen-bond donors (Lipinski definition) is 0. The SMILES string of the molecule is CN=Cc1cccc(C)c1C. The molecule has 0 N–H and O–H groups in total. The van der Waals surface area contributed by atoms with Crippen LogP contribution in [-0.4, -0.2) is 13.3 Å². The minimum absolute atomic E-state index is 1.22. The van der Waals surface area contributed by atoms with Gasteiger partial charge in [0.05, 0.1) is 0 Å². The first-order valence-corrected chi connectivity index (χ1v) is 3.74. The summed E-state index contributed by atoms with van der Waals surface area (Å²) in [6.07, 6.45) is 1.89. The van der Waals surface area contributed by atoms with Crippen LogP contribution in [0.3, 0.4) is 0 Å². The lowest BCUT2D eigenvalue weighted by molar-refractivity contribution is 1.32. The average Bonchev–Trinajstić information content (AvgIpc) is 1.99. The Labute approximate surface area is 67.8 Å². The van der Waals surface area contributed by atoms with Crippen molar-refractivity contribution in [2.24, 2.45) is 4.99 Å². The second-order valence-electron chi connectivity index (χ2n) is 2.68. The number of nitrogens with zero attached hydrogens (tertiary/aromatic N) is 1. The fourth-order valence-electron chi connectivity index (χ4n) is 1.05. The molecule has 0 amide bonds. The van der Waals surface area contributed by atoms with Crippen LogP contribution >= 0.6 is 0 Å². The standard InChI is InChI=1S/C10H13N/c1-8-5-4-6-10(7-11-3)9(8)2/h4-7H,1-3H3. The largest absolute Gasteiger partial charge is 0.296 e. The third kappa shape index (κ3) is 1.67. The van der Waals surface area contributed by atoms with Crippen molar-refractivity contribution in [1.82, 2.24) is 0 Å². The van der Waals surface area contributed by atoms with Crippen LogP contribution in [0.1, 0.15) is 16.7 Å². The molecule has 0 aliphatic rings. The van der Waals surface area contributed by atoms with Crippen molar-refractivity contribution in [3.63, 3.8) is 0 Å². The summed E-state index contributed by atoms with van der Waals surface area (Å²) in [7, 11) is 1.79. The molecule has 0 aromatic heterocycles. The molecule has 1 aromatic carbocycles. The van der Waals surface area contributed by atoms with Crippen LogP contribution < -0.4 is 0 Å². The highest BCUT2D eigenvalue weighted by Crippen LogP contribution is 2.09. The maximum Gasteiger partial charge on any atom is 0.0284 e. The highest BCUT2D eigenvalue weighted by molar-refractivity contribution is 5.81. The summed E-state index contributed by atoms with van der Waals surface area (Å²) >= 11 is 0. The summed E-state index contributed by atoms with van der Waals surface area (Å²) in [6.45, 7) is 4.23. The summed E-state index contributed by atoms with van der Waals surface area (Å²) in [5.41, 5.74) is 3.85. The molecule has 1 rings (SSSR count). The van der Waals surface area contributed by atoms with E-state index in [1.807, 2.05) is 6.21 Å². The molecule has 0 aliphatic heterocycles. The first-order valence-electron chi connectivity index (χ1n) is 3.74. The lowest BCUT2D eigenvalue weighted by Gasteiger charge is -2.01. The van der Waals surface area contributed by atoms with E-state index in [4.69, 9.17) is 0 Å². The van der Waals surface area contributed by atoms with E-state index in [1.165, 1.54) is 16.7 Å². The molecule has 0 heterocycles. The lowest BCUT2D eigenvalue weighted by Crippen LogP contribution is -1.89. The van der Waals surface area contributed by atoms with Gasteiger partial charge in [0.15, 0.2) is 0 Å². The summed E-state index contributed by atoms with van der Waals surface area (Å²) in [5, 5.41) is 0. The smallest absolute Gasteiger partial charge is 0.0284 e. The van der Waals surface area contributed by atoms with Gasteiger partial charge in [-0.2, -0.15) is 0 Å². The highest BCUT2D eigenvalue weighted by Gasteiger charge is 1.95. The third-order valence-electron chi connectivity index (χ3n) is 1.91. The second-order valence-corrected chi connectivity index (χ2v) is 2.68. The van der Waals surface area contributed by atoms with Gasteiger partial charge < -0.3 is 0 Å². The maximum absolute atomic E-state index is 3.98. The molecule has 0 bridgehead atoms. The molecule has 0 aliphatic carbocycles. The van der Waals surface area contributed by atoms with Crippen molar-refractivity contribution in [2.75, 3.05) is 7.05 Å². The fraction of sp³-hybridized carbons (Fsp3) is 0.300. The molecule has 0 unspecified atom stereocenters. The van der Waals surface area contributed by atoms with E-state index >= 15 is 0 Å². The monoisotopic (exact) mass is 147 g/mol. The van der Waals surface area contributed by atoms with Crippen molar-refractivity contribution < 1.29 is 0 Å². The van der Waals surface area contributed by atoms with Gasteiger partial charge >= 0.3 is 0 Å². The van der Waals surface area contributed by atoms with E-state index in [0.29, 0.717) is 0 Å². The minimum atomic E-state index is 1.22. The predicted molar refractivity (Wildman–Crippen MR) is 49.4 cm³/mol. The normalized spacial score (nSPS) is 10.8. The minimum Gasteiger partial charge on any atom is -0.296 e. The molecule has 1 aromatic rings. The molecular formula is C10H13N. The van der Waals surface area contributed by atoms with E-state index in [-0.39, 0.29) is 0 Å². The molecular weight excluding hydrogens is 134 g/mol. The zero-order valence-corrected chi connectivity index (χ0v) is 7.26. The van der Waals surface area contributed by atoms with Crippen LogP contribution in [0.2, 0.25) is 0 Å². The zero-order valence-electron chi connectivity index (χ0n) is 7.26. The highest BCUT2D eigenvalue weighted by atomic mass is 14.6. The van der Waals surface area contributed by atoms with Crippen LogP contribution in [-0.2, 0) is 0 Å². The number of aliphatic imine (C=N–C) groups is 1. The van der Waals surface area contributed by atoms with E-state index in [1.54, 1.807) is 7.05 Å². The van der Waals surface area contributed by atoms with Crippen LogP contribution in [0, 0.1) is 13.8 Å². The Bertz CT molecular complexity index is 274. The third-order valence-corrected chi connectivity index (χ3v) is 1.91. The van der Waals surface area contributed by atoms with Crippen LogP contribution in [0.5, 0.6) is 0 Å². The molecule has 1 heteroatoms. The molecule has 58 valence electrons. The van der Waals surface area contributed by atoms with Gasteiger partial charge in [0.25, 0.3) is 0 Å². The van der Waals surface area contributed by atoms with Crippen LogP contribution in [0.4, 0.5) is 0 Å². The van der Waals surface area contributed by atoms with E-state index in [0.717, 1.165) is 0 Å². The Morgan fingerprint density at radius 3 is 2.64 bits per heavy atom. The van der Waals surface area contributed by atoms with Crippen molar-refractivity contribution >= 4 is 6.21 Å². The zero-order chi connectivity index (χ0) is 8.27. The predicted octanol–water partition coefficient (Wildman–Crippen LogP) is 2.35. The molecule has 0 fully saturated rings. The molecule has 0 saturated carbocycles. The van der Waals surface area contributed by atoms with Gasteiger partial charge in [-0.1, -0.05) is 18.2 Å². The number of aryl methyl sites for hydroxylation is 1. The molecule has 0 atom stereocenters. The van der Waals surface area contributed by atoms with Crippen LogP contribution in [0.15, 0.2) is 23.2 Å². The van der Waals surface area contributed by atoms with Crippen molar-refractivity contribution in [3.05, 3.63) is 34.9 Å². The van der Waals surface area contributed by atoms with Crippen molar-refractivity contribution in [2.45, 2.75) is 13.8 Å². The lowest BCUT2D eigenvalue weighted by atomic mass is 10.0. The molecule has 0 saturated heterocycles. The summed E-state index contributed by atoms with van der Waals surface area (Å²) in [5.74, 6) is 0. The average molecular weight is 147 g/mol. The molecule has 11 heavy (non-hydrogen) atoms. The van der Waals surface area contributed by atoms with Crippen molar-refractivity contribution in [3.8, 4) is 0 Å². The van der Waals surface area contributed by atoms with E-state index in [9.17, 15) is 0 Å². The molecule has 0 radical (unpaired) electrons. The quantitative estimate of drug-likeness (QED) is 0.541. The van der Waals surface area contributed by atoms with E-state index < -0.39 is 0 Å². The Balaban J connectivity index is 3.16. The van der Waals surface area contributed by atoms with Crippen molar-refractivity contribution in [1.29, 1.82) is 0 Å². The Morgan fingerprint density at radius 1 is 1.27 bits per heavy atom.